The largest absolute Gasteiger partial charge is 0.393 e. The van der Waals surface area contributed by atoms with Crippen LogP contribution in [0.5, 0.6) is 0 Å². The first-order chi connectivity index (χ1) is 31.4. The summed E-state index contributed by atoms with van der Waals surface area (Å²) in [5.41, 5.74) is 11.9. The highest BCUT2D eigenvalue weighted by Crippen LogP contribution is 2.39. The van der Waals surface area contributed by atoms with E-state index in [-0.39, 0.29) is 37.2 Å². The molecule has 2 amide bonds. The molecule has 1 aliphatic carbocycles. The van der Waals surface area contributed by atoms with E-state index in [4.69, 9.17) is 28.0 Å². The van der Waals surface area contributed by atoms with Crippen LogP contribution in [-0.4, -0.2) is 69.4 Å². The number of ether oxygens (including phenoxy) is 1. The molecule has 0 bridgehead atoms. The summed E-state index contributed by atoms with van der Waals surface area (Å²) >= 11 is 8.01. The number of Topliss-reactive ketones (excluding diaryl/α,β-unsaturated/α-hetero) is 1. The predicted molar refractivity (Wildman–Crippen MR) is 264 cm³/mol. The molecule has 1 saturated carbocycles. The molecule has 0 saturated heterocycles. The molecule has 14 heteroatoms. The number of aryl methyl sites for hydroxylation is 4. The van der Waals surface area contributed by atoms with Crippen LogP contribution in [-0.2, 0) is 25.7 Å². The number of hydrogen-bond donors (Lipinski definition) is 3. The topological polar surface area (TPSA) is 143 Å². The van der Waals surface area contributed by atoms with Crippen molar-refractivity contribution in [2.24, 2.45) is 17.3 Å². The van der Waals surface area contributed by atoms with Gasteiger partial charge in [-0.05, 0) is 120 Å². The monoisotopic (exact) mass is 933 g/mol. The fourth-order valence-corrected chi connectivity index (χ4v) is 10.1. The first kappa shape index (κ1) is 50.0. The molecule has 0 aliphatic heterocycles. The highest BCUT2D eigenvalue weighted by molar-refractivity contribution is 7.13. The molecular weight excluding hydrogens is 870 g/mol. The zero-order valence-corrected chi connectivity index (χ0v) is 41.3. The summed E-state index contributed by atoms with van der Waals surface area (Å²) in [6.45, 7) is 26.9. The van der Waals surface area contributed by atoms with Gasteiger partial charge < -0.3 is 25.4 Å². The van der Waals surface area contributed by atoms with Gasteiger partial charge >= 0.3 is 0 Å². The second-order valence-electron chi connectivity index (χ2n) is 18.6. The number of unbranched alkanes of at least 4 members (excludes halogenated alkanes) is 2. The van der Waals surface area contributed by atoms with Crippen molar-refractivity contribution in [3.05, 3.63) is 111 Å². The Morgan fingerprint density at radius 2 is 1.68 bits per heavy atom. The van der Waals surface area contributed by atoms with E-state index in [9.17, 15) is 19.5 Å². The molecule has 2 aromatic heterocycles. The van der Waals surface area contributed by atoms with Crippen LogP contribution in [0.4, 0.5) is 17.1 Å². The average Bonchev–Trinajstić information content (AvgIpc) is 3.98. The zero-order valence-electron chi connectivity index (χ0n) is 39.7. The summed E-state index contributed by atoms with van der Waals surface area (Å²) in [4.78, 5) is 52.3. The van der Waals surface area contributed by atoms with Gasteiger partial charge in [-0.2, -0.15) is 5.10 Å². The Labute approximate surface area is 398 Å². The van der Waals surface area contributed by atoms with Crippen LogP contribution >= 0.6 is 22.9 Å². The maximum Gasteiger partial charge on any atom is 0.246 e. The zero-order chi connectivity index (χ0) is 47.9. The molecule has 1 fully saturated rings. The minimum atomic E-state index is -0.871. The molecular formula is C52H64ClN7O5S. The Balaban J connectivity index is 0.976. The molecule has 0 spiro atoms. The highest BCUT2D eigenvalue weighted by Gasteiger charge is 2.47. The van der Waals surface area contributed by atoms with Gasteiger partial charge in [0.1, 0.15) is 6.61 Å². The molecule has 3 N–H and O–H groups in total. The first-order valence-electron chi connectivity index (χ1n) is 22.9. The Bertz CT molecular complexity index is 2560. The number of amides is 2. The standard InChI is InChI=1S/C52H64ClN7O5S/c1-11-59(39-21-22-44(54-10)43(53)26-39)45-25-38(16-15-31(45)2)47-33(4)58-60(35(47)6)23-13-12-14-24-65-29-46(62)57-50(52(7,8)9)48(63)41-27-40(61)28-42(41)51(64)56-32(3)36-17-19-37(20-18-36)49-34(5)55-30-66-49/h15-22,25-26,30,32,40-42,50,61H,11-14,23-24,27-29H2,1-9H3,(H,56,64)(H,57,62)/t32-,40-,41?,42+,50+/m0/s1. The van der Waals surface area contributed by atoms with Gasteiger partial charge in [-0.25, -0.2) is 9.83 Å². The second kappa shape index (κ2) is 21.9. The van der Waals surface area contributed by atoms with Crippen LogP contribution in [0.3, 0.4) is 0 Å². The third-order valence-electron chi connectivity index (χ3n) is 12.7. The molecule has 6 rings (SSSR count). The van der Waals surface area contributed by atoms with E-state index in [2.05, 4.69) is 69.0 Å². The summed E-state index contributed by atoms with van der Waals surface area (Å²) < 4.78 is 7.85. The molecule has 350 valence electrons. The minimum absolute atomic E-state index is 0.161. The number of ketones is 1. The predicted octanol–water partition coefficient (Wildman–Crippen LogP) is 10.8. The average molecular weight is 935 g/mol. The van der Waals surface area contributed by atoms with E-state index in [1.807, 2.05) is 83.5 Å². The number of carbonyl (C=O) groups excluding carboxylic acids is 3. The van der Waals surface area contributed by atoms with Gasteiger partial charge in [-0.1, -0.05) is 74.8 Å². The molecule has 66 heavy (non-hydrogen) atoms. The lowest BCUT2D eigenvalue weighted by molar-refractivity contribution is -0.138. The summed E-state index contributed by atoms with van der Waals surface area (Å²) in [5, 5.41) is 22.0. The molecule has 0 radical (unpaired) electrons. The van der Waals surface area contributed by atoms with E-state index < -0.39 is 35.3 Å². The van der Waals surface area contributed by atoms with Crippen molar-refractivity contribution in [3.63, 3.8) is 0 Å². The fourth-order valence-electron chi connectivity index (χ4n) is 9.09. The van der Waals surface area contributed by atoms with Gasteiger partial charge in [0.05, 0.1) is 52.5 Å². The van der Waals surface area contributed by atoms with Crippen LogP contribution in [0.1, 0.15) is 101 Å². The highest BCUT2D eigenvalue weighted by atomic mass is 35.5. The maximum absolute atomic E-state index is 14.2. The van der Waals surface area contributed by atoms with Crippen molar-refractivity contribution >= 4 is 57.6 Å². The lowest BCUT2D eigenvalue weighted by Gasteiger charge is -2.33. The van der Waals surface area contributed by atoms with Crippen LogP contribution < -0.4 is 15.5 Å². The molecule has 3 aromatic carbocycles. The molecule has 5 aromatic rings. The van der Waals surface area contributed by atoms with Gasteiger partial charge in [-0.3, -0.25) is 19.1 Å². The van der Waals surface area contributed by atoms with E-state index in [1.54, 1.807) is 17.4 Å². The number of anilines is 2. The van der Waals surface area contributed by atoms with Crippen molar-refractivity contribution in [2.45, 2.75) is 119 Å². The van der Waals surface area contributed by atoms with Crippen molar-refractivity contribution in [1.29, 1.82) is 0 Å². The van der Waals surface area contributed by atoms with Crippen molar-refractivity contribution in [1.82, 2.24) is 25.4 Å². The number of hydrogen-bond acceptors (Lipinski definition) is 9. The van der Waals surface area contributed by atoms with Gasteiger partial charge in [0, 0.05) is 53.3 Å². The quantitative estimate of drug-likeness (QED) is 0.0549. The molecule has 12 nitrogen and oxygen atoms in total. The first-order valence-corrected chi connectivity index (χ1v) is 24.2. The number of thiazole rings is 1. The third kappa shape index (κ3) is 11.8. The number of benzene rings is 3. The number of nitrogens with zero attached hydrogens (tertiary/aromatic N) is 5. The van der Waals surface area contributed by atoms with E-state index in [0.29, 0.717) is 17.3 Å². The summed E-state index contributed by atoms with van der Waals surface area (Å²) in [6.07, 6.45) is 2.05. The molecule has 1 unspecified atom stereocenters. The number of rotatable bonds is 19. The van der Waals surface area contributed by atoms with Crippen LogP contribution in [0, 0.1) is 51.5 Å². The normalized spacial score (nSPS) is 17.0. The van der Waals surface area contributed by atoms with Crippen LogP contribution in [0.25, 0.3) is 26.4 Å². The molecule has 2 heterocycles. The SMILES string of the molecule is [C-]#[N+]c1ccc(N(CC)c2cc(-c3c(C)nn(CCCCCOCC(=O)N[C@H](C(=O)C4C[C@H](O)C[C@H]4C(=O)N[C@@H](C)c4ccc(-c5scnc5C)cc4)C(C)(C)C)c3C)ccc2C)cc1Cl. The van der Waals surface area contributed by atoms with E-state index in [0.717, 1.165) is 93.5 Å². The lowest BCUT2D eigenvalue weighted by Crippen LogP contribution is -2.53. The summed E-state index contributed by atoms with van der Waals surface area (Å²) in [7, 11) is 0. The Hall–Kier alpha value is -5.39. The van der Waals surface area contributed by atoms with Gasteiger partial charge in [0.2, 0.25) is 17.5 Å². The van der Waals surface area contributed by atoms with Gasteiger partial charge in [0.15, 0.2) is 5.78 Å². The van der Waals surface area contributed by atoms with Gasteiger partial charge in [-0.15, -0.1) is 11.3 Å². The van der Waals surface area contributed by atoms with Crippen molar-refractivity contribution in [3.8, 4) is 21.6 Å². The number of nitrogens with one attached hydrogen (secondary N) is 2. The fraction of sp³-hybridized carbons (Fsp3) is 0.462. The summed E-state index contributed by atoms with van der Waals surface area (Å²) in [5.74, 6) is -2.39. The van der Waals surface area contributed by atoms with Gasteiger partial charge in [0.25, 0.3) is 0 Å². The number of aliphatic hydroxyl groups excluding tert-OH is 1. The minimum Gasteiger partial charge on any atom is -0.393 e. The van der Waals surface area contributed by atoms with E-state index >= 15 is 0 Å². The van der Waals surface area contributed by atoms with Crippen molar-refractivity contribution in [2.75, 3.05) is 24.7 Å². The maximum atomic E-state index is 14.2. The summed E-state index contributed by atoms with van der Waals surface area (Å²) in [6, 6.07) is 18.8. The smallest absolute Gasteiger partial charge is 0.246 e. The van der Waals surface area contributed by atoms with Crippen molar-refractivity contribution < 1.29 is 24.2 Å². The van der Waals surface area contributed by atoms with Crippen LogP contribution in [0.15, 0.2) is 66.2 Å². The lowest BCUT2D eigenvalue weighted by atomic mass is 9.77. The Kier molecular flexibility index (Phi) is 16.6. The Morgan fingerprint density at radius 1 is 0.970 bits per heavy atom. The van der Waals surface area contributed by atoms with E-state index in [1.165, 1.54) is 0 Å². The number of aromatic nitrogens is 3. The number of carbonyl (C=O) groups is 3. The molecule has 1 aliphatic rings. The van der Waals surface area contributed by atoms with Crippen LogP contribution in [0.2, 0.25) is 5.02 Å². The Morgan fingerprint density at radius 3 is 2.33 bits per heavy atom. The molecule has 5 atom stereocenters. The second-order valence-corrected chi connectivity index (χ2v) is 19.9. The number of aliphatic hydroxyl groups is 1. The number of halogens is 1. The third-order valence-corrected chi connectivity index (χ3v) is 14.0.